The van der Waals surface area contributed by atoms with Crippen LogP contribution in [0.4, 0.5) is 10.1 Å². The molecule has 9 nitrogen and oxygen atoms in total. The molecule has 4 aromatic rings. The topological polar surface area (TPSA) is 112 Å². The van der Waals surface area contributed by atoms with Crippen molar-refractivity contribution in [2.45, 2.75) is 6.92 Å². The Kier molecular flexibility index (Phi) is 4.94. The Morgan fingerprint density at radius 2 is 1.97 bits per heavy atom. The number of hydrogen-bond acceptors (Lipinski definition) is 6. The van der Waals surface area contributed by atoms with Crippen LogP contribution >= 0.6 is 11.6 Å². The number of anilines is 1. The van der Waals surface area contributed by atoms with E-state index in [0.29, 0.717) is 0 Å². The highest BCUT2D eigenvalue weighted by atomic mass is 35.5. The maximum atomic E-state index is 14.4. The average molecular weight is 444 g/mol. The molecule has 0 saturated carbocycles. The Hall–Kier alpha value is -3.79. The zero-order chi connectivity index (χ0) is 22.4. The van der Waals surface area contributed by atoms with Crippen LogP contribution in [-0.2, 0) is 14.1 Å². The van der Waals surface area contributed by atoms with Gasteiger partial charge in [-0.05, 0) is 25.1 Å². The second-order valence-electron chi connectivity index (χ2n) is 6.81. The number of aromatic nitrogens is 4. The van der Waals surface area contributed by atoms with E-state index >= 15 is 0 Å². The van der Waals surface area contributed by atoms with Crippen LogP contribution in [-0.4, -0.2) is 25.2 Å². The van der Waals surface area contributed by atoms with E-state index in [9.17, 15) is 18.8 Å². The number of rotatable bonds is 3. The summed E-state index contributed by atoms with van der Waals surface area (Å²) in [6.07, 6.45) is 1.30. The summed E-state index contributed by atoms with van der Waals surface area (Å²) < 4.78 is 21.6. The molecule has 3 heterocycles. The second-order valence-corrected chi connectivity index (χ2v) is 7.22. The molecule has 31 heavy (non-hydrogen) atoms. The molecule has 0 bridgehead atoms. The van der Waals surface area contributed by atoms with Crippen LogP contribution in [0, 0.1) is 12.7 Å². The maximum absolute atomic E-state index is 14.4. The molecule has 0 spiro atoms. The molecule has 4 rings (SSSR count). The largest absolute Gasteiger partial charge is 0.360 e. The molecule has 1 amide bonds. The fraction of sp³-hybridized carbons (Fsp3) is 0.150. The molecule has 0 fully saturated rings. The smallest absolute Gasteiger partial charge is 0.332 e. The number of nitrogens with zero attached hydrogens (tertiary/aromatic N) is 4. The number of pyridine rings is 1. The summed E-state index contributed by atoms with van der Waals surface area (Å²) in [4.78, 5) is 41.6. The summed E-state index contributed by atoms with van der Waals surface area (Å²) in [5.41, 5.74) is -0.835. The van der Waals surface area contributed by atoms with Crippen molar-refractivity contribution in [1.82, 2.24) is 19.3 Å². The number of amides is 1. The molecule has 0 aliphatic heterocycles. The van der Waals surface area contributed by atoms with E-state index in [4.69, 9.17) is 16.1 Å². The molecule has 158 valence electrons. The number of carbonyl (C=O) groups excluding carboxylic acids is 1. The van der Waals surface area contributed by atoms with Crippen LogP contribution in [0.2, 0.25) is 5.02 Å². The molecule has 0 aliphatic carbocycles. The van der Waals surface area contributed by atoms with Crippen LogP contribution in [0.5, 0.6) is 0 Å². The first kappa shape index (κ1) is 20.5. The Labute approximate surface area is 178 Å². The first-order chi connectivity index (χ1) is 14.7. The van der Waals surface area contributed by atoms with Crippen molar-refractivity contribution < 1.29 is 13.7 Å². The third-order valence-electron chi connectivity index (χ3n) is 4.84. The summed E-state index contributed by atoms with van der Waals surface area (Å²) in [6.45, 7) is 1.50. The van der Waals surface area contributed by atoms with E-state index in [1.807, 2.05) is 0 Å². The van der Waals surface area contributed by atoms with Crippen LogP contribution < -0.4 is 16.6 Å². The molecule has 1 aromatic carbocycles. The SMILES string of the molecule is Cc1onc(-c2c(F)cccc2Cl)c1C(=O)Nc1cnc2c(c1)c(=O)n(C)c(=O)n2C. The van der Waals surface area contributed by atoms with Crippen molar-refractivity contribution in [1.29, 1.82) is 0 Å². The molecule has 1 N–H and O–H groups in total. The van der Waals surface area contributed by atoms with Gasteiger partial charge in [0.15, 0.2) is 0 Å². The van der Waals surface area contributed by atoms with Crippen molar-refractivity contribution in [2.24, 2.45) is 14.1 Å². The van der Waals surface area contributed by atoms with Gasteiger partial charge in [0, 0.05) is 14.1 Å². The summed E-state index contributed by atoms with van der Waals surface area (Å²) in [7, 11) is 2.83. The van der Waals surface area contributed by atoms with Gasteiger partial charge >= 0.3 is 5.69 Å². The molecule has 0 aliphatic rings. The van der Waals surface area contributed by atoms with Gasteiger partial charge in [-0.1, -0.05) is 22.8 Å². The second kappa shape index (κ2) is 7.47. The molecular formula is C20H15ClFN5O4. The predicted molar refractivity (Wildman–Crippen MR) is 112 cm³/mol. The summed E-state index contributed by atoms with van der Waals surface area (Å²) >= 11 is 6.11. The number of benzene rings is 1. The predicted octanol–water partition coefficient (Wildman–Crippen LogP) is 2.64. The number of nitrogens with one attached hydrogen (secondary N) is 1. The van der Waals surface area contributed by atoms with Crippen molar-refractivity contribution in [3.63, 3.8) is 0 Å². The number of hydrogen-bond donors (Lipinski definition) is 1. The van der Waals surface area contributed by atoms with Crippen LogP contribution in [0.15, 0.2) is 44.6 Å². The zero-order valence-electron chi connectivity index (χ0n) is 16.6. The summed E-state index contributed by atoms with van der Waals surface area (Å²) in [6, 6.07) is 5.50. The first-order valence-corrected chi connectivity index (χ1v) is 9.36. The van der Waals surface area contributed by atoms with Gasteiger partial charge in [-0.15, -0.1) is 0 Å². The highest BCUT2D eigenvalue weighted by molar-refractivity contribution is 6.33. The van der Waals surface area contributed by atoms with Crippen molar-refractivity contribution in [2.75, 3.05) is 5.32 Å². The third kappa shape index (κ3) is 3.30. The number of carbonyl (C=O) groups is 1. The Balaban J connectivity index is 1.78. The van der Waals surface area contributed by atoms with Crippen molar-refractivity contribution >= 4 is 34.2 Å². The van der Waals surface area contributed by atoms with Gasteiger partial charge in [0.25, 0.3) is 11.5 Å². The minimum Gasteiger partial charge on any atom is -0.360 e. The standard InChI is InChI=1S/C20H15ClFN5O4/c1-9-14(16(25-31-9)15-12(21)5-4-6-13(15)22)18(28)24-10-7-11-17(23-8-10)26(2)20(30)27(3)19(11)29/h4-8H,1-3H3,(H,24,28). The molecule has 0 saturated heterocycles. The lowest BCUT2D eigenvalue weighted by atomic mass is 10.0. The van der Waals surface area contributed by atoms with Gasteiger partial charge < -0.3 is 9.84 Å². The lowest BCUT2D eigenvalue weighted by Crippen LogP contribution is -2.37. The molecule has 0 unspecified atom stereocenters. The monoisotopic (exact) mass is 443 g/mol. The Bertz CT molecular complexity index is 1470. The van der Waals surface area contributed by atoms with Crippen LogP contribution in [0.3, 0.4) is 0 Å². The van der Waals surface area contributed by atoms with E-state index in [-0.39, 0.29) is 44.3 Å². The summed E-state index contributed by atoms with van der Waals surface area (Å²) in [5, 5.41) is 6.61. The average Bonchev–Trinajstić information content (AvgIpc) is 3.11. The fourth-order valence-electron chi connectivity index (χ4n) is 3.26. The lowest BCUT2D eigenvalue weighted by molar-refractivity contribution is 0.102. The Morgan fingerprint density at radius 1 is 1.23 bits per heavy atom. The van der Waals surface area contributed by atoms with E-state index in [2.05, 4.69) is 15.5 Å². The van der Waals surface area contributed by atoms with E-state index in [1.165, 1.54) is 56.0 Å². The molecular weight excluding hydrogens is 429 g/mol. The van der Waals surface area contributed by atoms with Gasteiger partial charge in [-0.2, -0.15) is 0 Å². The van der Waals surface area contributed by atoms with E-state index in [0.717, 1.165) is 4.57 Å². The number of aryl methyl sites for hydroxylation is 2. The molecule has 3 aromatic heterocycles. The lowest BCUT2D eigenvalue weighted by Gasteiger charge is -2.10. The van der Waals surface area contributed by atoms with Crippen molar-refractivity contribution in [3.8, 4) is 11.3 Å². The molecule has 0 radical (unpaired) electrons. The highest BCUT2D eigenvalue weighted by Crippen LogP contribution is 2.33. The molecule has 11 heteroatoms. The number of fused-ring (bicyclic) bond motifs is 1. The van der Waals surface area contributed by atoms with Crippen LogP contribution in [0.25, 0.3) is 22.3 Å². The van der Waals surface area contributed by atoms with Crippen LogP contribution in [0.1, 0.15) is 16.1 Å². The van der Waals surface area contributed by atoms with Gasteiger partial charge in [-0.3, -0.25) is 18.7 Å². The zero-order valence-corrected chi connectivity index (χ0v) is 17.3. The number of halogens is 2. The first-order valence-electron chi connectivity index (χ1n) is 8.98. The van der Waals surface area contributed by atoms with Gasteiger partial charge in [0.1, 0.15) is 28.5 Å². The van der Waals surface area contributed by atoms with Gasteiger partial charge in [-0.25, -0.2) is 14.2 Å². The van der Waals surface area contributed by atoms with E-state index in [1.54, 1.807) is 0 Å². The maximum Gasteiger partial charge on any atom is 0.332 e. The summed E-state index contributed by atoms with van der Waals surface area (Å²) in [5.74, 6) is -1.17. The minimum atomic E-state index is -0.661. The third-order valence-corrected chi connectivity index (χ3v) is 5.16. The van der Waals surface area contributed by atoms with Crippen molar-refractivity contribution in [3.05, 3.63) is 73.5 Å². The highest BCUT2D eigenvalue weighted by Gasteiger charge is 2.25. The van der Waals surface area contributed by atoms with Gasteiger partial charge in [0.05, 0.1) is 27.9 Å². The normalized spacial score (nSPS) is 11.1. The molecule has 0 atom stereocenters. The van der Waals surface area contributed by atoms with E-state index < -0.39 is 23.0 Å². The van der Waals surface area contributed by atoms with Gasteiger partial charge in [0.2, 0.25) is 0 Å². The Morgan fingerprint density at radius 3 is 2.68 bits per heavy atom. The quantitative estimate of drug-likeness (QED) is 0.521. The fourth-order valence-corrected chi connectivity index (χ4v) is 3.51. The minimum absolute atomic E-state index is 0.0135.